The first-order valence-corrected chi connectivity index (χ1v) is 7.70. The van der Waals surface area contributed by atoms with Gasteiger partial charge in [0.05, 0.1) is 10.2 Å². The Morgan fingerprint density at radius 1 is 1.40 bits per heavy atom. The number of hydrogen-bond acceptors (Lipinski definition) is 3. The standard InChI is InChI=1S/C10H15I2NO2/c11-8-5-1-6(10(8,12)13)9(2-5)3-7(14)15-4-9/h5-8,14H,1-4,13H2. The number of ether oxygens (including phenoxy) is 1. The maximum Gasteiger partial charge on any atom is 0.155 e. The highest BCUT2D eigenvalue weighted by atomic mass is 127. The molecule has 2 saturated carbocycles. The summed E-state index contributed by atoms with van der Waals surface area (Å²) in [6.45, 7) is 0.709. The van der Waals surface area contributed by atoms with Crippen LogP contribution >= 0.6 is 45.2 Å². The molecule has 1 saturated heterocycles. The van der Waals surface area contributed by atoms with Crippen molar-refractivity contribution in [2.24, 2.45) is 23.0 Å². The van der Waals surface area contributed by atoms with Crippen LogP contribution < -0.4 is 5.73 Å². The highest BCUT2D eigenvalue weighted by Gasteiger charge is 2.66. The highest BCUT2D eigenvalue weighted by Crippen LogP contribution is 2.66. The summed E-state index contributed by atoms with van der Waals surface area (Å²) in [7, 11) is 0. The molecule has 1 aliphatic heterocycles. The van der Waals surface area contributed by atoms with E-state index in [1.54, 1.807) is 0 Å². The normalized spacial score (nSPS) is 63.2. The third kappa shape index (κ3) is 1.45. The number of rotatable bonds is 0. The van der Waals surface area contributed by atoms with Crippen LogP contribution in [-0.4, -0.2) is 25.5 Å². The first kappa shape index (κ1) is 11.4. The number of halogens is 2. The lowest BCUT2D eigenvalue weighted by Crippen LogP contribution is -2.54. The van der Waals surface area contributed by atoms with Crippen LogP contribution in [0.5, 0.6) is 0 Å². The topological polar surface area (TPSA) is 55.5 Å². The Kier molecular flexibility index (Phi) is 2.61. The number of aliphatic hydroxyl groups is 1. The summed E-state index contributed by atoms with van der Waals surface area (Å²) in [5.74, 6) is 1.25. The Bertz CT molecular complexity index is 299. The van der Waals surface area contributed by atoms with Crippen LogP contribution in [0.25, 0.3) is 0 Å². The van der Waals surface area contributed by atoms with E-state index < -0.39 is 6.29 Å². The molecule has 0 radical (unpaired) electrons. The van der Waals surface area contributed by atoms with Gasteiger partial charge < -0.3 is 15.6 Å². The number of aliphatic hydroxyl groups excluding tert-OH is 1. The van der Waals surface area contributed by atoms with Gasteiger partial charge in [-0.05, 0) is 24.7 Å². The molecule has 86 valence electrons. The smallest absolute Gasteiger partial charge is 0.155 e. The molecule has 1 spiro atoms. The number of alkyl halides is 2. The van der Waals surface area contributed by atoms with Crippen LogP contribution in [0.4, 0.5) is 0 Å². The van der Waals surface area contributed by atoms with Crippen molar-refractivity contribution >= 4 is 45.2 Å². The van der Waals surface area contributed by atoms with Crippen molar-refractivity contribution in [1.82, 2.24) is 0 Å². The predicted molar refractivity (Wildman–Crippen MR) is 74.0 cm³/mol. The summed E-state index contributed by atoms with van der Waals surface area (Å²) < 4.78 is 5.84. The average molecular weight is 435 g/mol. The van der Waals surface area contributed by atoms with Gasteiger partial charge in [-0.1, -0.05) is 45.2 Å². The third-order valence-corrected chi connectivity index (χ3v) is 9.12. The van der Waals surface area contributed by atoms with Gasteiger partial charge in [-0.2, -0.15) is 0 Å². The van der Waals surface area contributed by atoms with E-state index in [9.17, 15) is 5.11 Å². The second kappa shape index (κ2) is 3.43. The molecule has 2 bridgehead atoms. The molecule has 6 unspecified atom stereocenters. The molecule has 6 atom stereocenters. The quantitative estimate of drug-likeness (QED) is 0.346. The fourth-order valence-corrected chi connectivity index (χ4v) is 6.24. The van der Waals surface area contributed by atoms with E-state index >= 15 is 0 Å². The fraction of sp³-hybridized carbons (Fsp3) is 1.00. The molecule has 3 aliphatic rings. The Morgan fingerprint density at radius 3 is 2.60 bits per heavy atom. The molecule has 3 nitrogen and oxygen atoms in total. The van der Waals surface area contributed by atoms with Gasteiger partial charge in [0.1, 0.15) is 0 Å². The second-order valence-corrected chi connectivity index (χ2v) is 8.52. The zero-order chi connectivity index (χ0) is 10.8. The number of nitrogens with two attached hydrogens (primary N) is 1. The average Bonchev–Trinajstić information content (AvgIpc) is 2.75. The Labute approximate surface area is 117 Å². The van der Waals surface area contributed by atoms with Crippen LogP contribution in [0.2, 0.25) is 0 Å². The van der Waals surface area contributed by atoms with Crippen molar-refractivity contribution in [3.63, 3.8) is 0 Å². The summed E-state index contributed by atoms with van der Waals surface area (Å²) >= 11 is 4.93. The van der Waals surface area contributed by atoms with Gasteiger partial charge in [-0.3, -0.25) is 0 Å². The van der Waals surface area contributed by atoms with E-state index in [-0.39, 0.29) is 8.96 Å². The van der Waals surface area contributed by atoms with Crippen molar-refractivity contribution in [3.8, 4) is 0 Å². The molecule has 2 aliphatic carbocycles. The molecule has 5 heteroatoms. The van der Waals surface area contributed by atoms with E-state index in [0.29, 0.717) is 16.4 Å². The molecule has 0 aromatic carbocycles. The summed E-state index contributed by atoms with van der Waals surface area (Å²) in [6, 6.07) is 0. The van der Waals surface area contributed by atoms with Crippen molar-refractivity contribution in [1.29, 1.82) is 0 Å². The van der Waals surface area contributed by atoms with E-state index in [4.69, 9.17) is 10.5 Å². The Hall–Kier alpha value is 1.34. The minimum absolute atomic E-state index is 0.103. The SMILES string of the molecule is NC1(I)C(I)C2CC1C1(COC(O)C1)C2. The number of hydrogen-bond donors (Lipinski definition) is 2. The first-order valence-electron chi connectivity index (χ1n) is 5.37. The highest BCUT2D eigenvalue weighted by molar-refractivity contribution is 14.1. The van der Waals surface area contributed by atoms with Gasteiger partial charge >= 0.3 is 0 Å². The van der Waals surface area contributed by atoms with Crippen molar-refractivity contribution in [3.05, 3.63) is 0 Å². The van der Waals surface area contributed by atoms with Gasteiger partial charge in [0.2, 0.25) is 0 Å². The minimum Gasteiger partial charge on any atom is -0.368 e. The zero-order valence-corrected chi connectivity index (χ0v) is 12.6. The molecule has 3 N–H and O–H groups in total. The first-order chi connectivity index (χ1) is 6.96. The van der Waals surface area contributed by atoms with Gasteiger partial charge in [-0.15, -0.1) is 0 Å². The predicted octanol–water partition coefficient (Wildman–Crippen LogP) is 1.64. The minimum atomic E-state index is -0.552. The molecule has 3 rings (SSSR count). The van der Waals surface area contributed by atoms with Crippen LogP contribution in [0.3, 0.4) is 0 Å². The summed E-state index contributed by atoms with van der Waals surface area (Å²) in [5.41, 5.74) is 6.63. The monoisotopic (exact) mass is 435 g/mol. The van der Waals surface area contributed by atoms with Crippen LogP contribution in [-0.2, 0) is 4.74 Å². The van der Waals surface area contributed by atoms with Crippen LogP contribution in [0.15, 0.2) is 0 Å². The maximum atomic E-state index is 9.55. The van der Waals surface area contributed by atoms with Crippen molar-refractivity contribution < 1.29 is 9.84 Å². The molecular weight excluding hydrogens is 420 g/mol. The third-order valence-electron chi connectivity index (χ3n) is 4.46. The van der Waals surface area contributed by atoms with E-state index in [1.807, 2.05) is 0 Å². The summed E-state index contributed by atoms with van der Waals surface area (Å²) in [6.07, 6.45) is 2.66. The lowest BCUT2D eigenvalue weighted by molar-refractivity contribution is -0.0600. The van der Waals surface area contributed by atoms with Crippen LogP contribution in [0, 0.1) is 17.3 Å². The summed E-state index contributed by atoms with van der Waals surface area (Å²) in [5, 5.41) is 9.55. The largest absolute Gasteiger partial charge is 0.368 e. The lowest BCUT2D eigenvalue weighted by atomic mass is 9.70. The van der Waals surface area contributed by atoms with Gasteiger partial charge in [-0.25, -0.2) is 0 Å². The molecule has 1 heterocycles. The lowest BCUT2D eigenvalue weighted by Gasteiger charge is -2.43. The van der Waals surface area contributed by atoms with Gasteiger partial charge in [0, 0.05) is 15.8 Å². The Morgan fingerprint density at radius 2 is 2.13 bits per heavy atom. The van der Waals surface area contributed by atoms with E-state index in [0.717, 1.165) is 12.3 Å². The molecule has 0 amide bonds. The molecular formula is C10H15I2NO2. The molecule has 0 aromatic rings. The van der Waals surface area contributed by atoms with Gasteiger partial charge in [0.25, 0.3) is 0 Å². The zero-order valence-electron chi connectivity index (χ0n) is 8.33. The number of fused-ring (bicyclic) bond motifs is 3. The fourth-order valence-electron chi connectivity index (χ4n) is 3.84. The molecule has 3 fully saturated rings. The van der Waals surface area contributed by atoms with E-state index in [1.165, 1.54) is 12.8 Å². The second-order valence-electron chi connectivity index (χ2n) is 5.31. The molecule has 15 heavy (non-hydrogen) atoms. The summed E-state index contributed by atoms with van der Waals surface area (Å²) in [4.78, 5) is 0. The van der Waals surface area contributed by atoms with Crippen LogP contribution in [0.1, 0.15) is 19.3 Å². The maximum absolute atomic E-state index is 9.55. The Balaban J connectivity index is 1.92. The van der Waals surface area contributed by atoms with Crippen molar-refractivity contribution in [2.45, 2.75) is 33.0 Å². The molecule has 0 aromatic heterocycles. The van der Waals surface area contributed by atoms with E-state index in [2.05, 4.69) is 45.2 Å². The van der Waals surface area contributed by atoms with Crippen molar-refractivity contribution in [2.75, 3.05) is 6.61 Å². The van der Waals surface area contributed by atoms with Gasteiger partial charge in [0.15, 0.2) is 6.29 Å².